The van der Waals surface area contributed by atoms with Crippen molar-refractivity contribution in [3.8, 4) is 11.5 Å². The Morgan fingerprint density at radius 2 is 1.97 bits per heavy atom. The largest absolute Gasteiger partial charge is 0.507 e. The van der Waals surface area contributed by atoms with Crippen molar-refractivity contribution in [3.05, 3.63) is 51.7 Å². The van der Waals surface area contributed by atoms with Crippen LogP contribution in [0.4, 0.5) is 0 Å². The number of likely N-dealkylation sites (tertiary alicyclic amines) is 1. The van der Waals surface area contributed by atoms with Gasteiger partial charge in [0.2, 0.25) is 0 Å². The van der Waals surface area contributed by atoms with Crippen LogP contribution in [0.5, 0.6) is 11.5 Å². The zero-order valence-corrected chi connectivity index (χ0v) is 18.9. The number of methoxy groups -OCH3 is 2. The number of carbonyl (C=O) groups is 2. The molecule has 1 unspecified atom stereocenters. The van der Waals surface area contributed by atoms with Crippen molar-refractivity contribution in [2.45, 2.75) is 32.4 Å². The SMILES string of the molecule is COc1ccc(/C(O)=C2/C(=O)C(=O)N(CCCOC(C)C)C2c2cccs2)c(OC)c1. The highest BCUT2D eigenvalue weighted by molar-refractivity contribution is 7.10. The lowest BCUT2D eigenvalue weighted by atomic mass is 9.99. The molecule has 0 spiro atoms. The summed E-state index contributed by atoms with van der Waals surface area (Å²) >= 11 is 1.43. The van der Waals surface area contributed by atoms with Crippen molar-refractivity contribution >= 4 is 28.8 Å². The van der Waals surface area contributed by atoms with E-state index in [-0.39, 0.29) is 17.4 Å². The minimum atomic E-state index is -0.710. The van der Waals surface area contributed by atoms with Gasteiger partial charge in [-0.25, -0.2) is 0 Å². The van der Waals surface area contributed by atoms with Gasteiger partial charge in [-0.3, -0.25) is 9.59 Å². The molecule has 1 aliphatic heterocycles. The zero-order chi connectivity index (χ0) is 22.5. The second kappa shape index (κ2) is 9.98. The van der Waals surface area contributed by atoms with Gasteiger partial charge in [-0.05, 0) is 43.8 Å². The molecule has 1 amide bonds. The van der Waals surface area contributed by atoms with Crippen LogP contribution in [0.15, 0.2) is 41.3 Å². The Labute approximate surface area is 185 Å². The van der Waals surface area contributed by atoms with Gasteiger partial charge in [0, 0.05) is 24.1 Å². The van der Waals surface area contributed by atoms with E-state index in [4.69, 9.17) is 14.2 Å². The molecule has 0 aliphatic carbocycles. The van der Waals surface area contributed by atoms with Gasteiger partial charge < -0.3 is 24.2 Å². The molecule has 1 atom stereocenters. The molecule has 0 bridgehead atoms. The van der Waals surface area contributed by atoms with Crippen LogP contribution >= 0.6 is 11.3 Å². The van der Waals surface area contributed by atoms with Crippen molar-refractivity contribution in [1.29, 1.82) is 0 Å². The van der Waals surface area contributed by atoms with Gasteiger partial charge in [0.1, 0.15) is 17.3 Å². The van der Waals surface area contributed by atoms with Crippen molar-refractivity contribution in [3.63, 3.8) is 0 Å². The number of carbonyl (C=O) groups excluding carboxylic acids is 2. The van der Waals surface area contributed by atoms with Crippen molar-refractivity contribution in [2.24, 2.45) is 0 Å². The Bertz CT molecular complexity index is 966. The van der Waals surface area contributed by atoms with E-state index < -0.39 is 17.7 Å². The minimum absolute atomic E-state index is 0.0562. The van der Waals surface area contributed by atoms with Crippen molar-refractivity contribution in [1.82, 2.24) is 4.90 Å². The third-order valence-corrected chi connectivity index (χ3v) is 5.94. The van der Waals surface area contributed by atoms with Gasteiger partial charge in [-0.1, -0.05) is 6.07 Å². The molecule has 1 fully saturated rings. The van der Waals surface area contributed by atoms with E-state index in [0.717, 1.165) is 4.88 Å². The number of aliphatic hydroxyl groups excluding tert-OH is 1. The number of aliphatic hydroxyl groups is 1. The molecule has 7 nitrogen and oxygen atoms in total. The van der Waals surface area contributed by atoms with Gasteiger partial charge in [0.15, 0.2) is 0 Å². The van der Waals surface area contributed by atoms with Crippen LogP contribution in [-0.4, -0.2) is 55.2 Å². The summed E-state index contributed by atoms with van der Waals surface area (Å²) in [4.78, 5) is 28.2. The van der Waals surface area contributed by atoms with Crippen molar-refractivity contribution < 1.29 is 28.9 Å². The maximum Gasteiger partial charge on any atom is 0.295 e. The van der Waals surface area contributed by atoms with E-state index in [1.807, 2.05) is 31.4 Å². The molecule has 2 aromatic rings. The average Bonchev–Trinajstić information content (AvgIpc) is 3.37. The molecule has 2 heterocycles. The van der Waals surface area contributed by atoms with Gasteiger partial charge in [0.05, 0.1) is 37.5 Å². The van der Waals surface area contributed by atoms with Crippen LogP contribution in [0.1, 0.15) is 36.8 Å². The molecular formula is C23H27NO6S. The van der Waals surface area contributed by atoms with Crippen LogP contribution < -0.4 is 9.47 Å². The normalized spacial score (nSPS) is 18.1. The quantitative estimate of drug-likeness (QED) is 0.272. The fourth-order valence-electron chi connectivity index (χ4n) is 3.55. The second-order valence-corrected chi connectivity index (χ2v) is 8.33. The lowest BCUT2D eigenvalue weighted by molar-refractivity contribution is -0.140. The molecule has 0 radical (unpaired) electrons. The zero-order valence-electron chi connectivity index (χ0n) is 18.1. The number of thiophene rings is 1. The number of benzene rings is 1. The van der Waals surface area contributed by atoms with E-state index >= 15 is 0 Å². The summed E-state index contributed by atoms with van der Waals surface area (Å²) in [5.41, 5.74) is 0.381. The topological polar surface area (TPSA) is 85.3 Å². The molecule has 1 aliphatic rings. The Morgan fingerprint density at radius 3 is 2.58 bits per heavy atom. The van der Waals surface area contributed by atoms with E-state index in [1.54, 1.807) is 18.2 Å². The van der Waals surface area contributed by atoms with Crippen LogP contribution in [0, 0.1) is 0 Å². The molecule has 1 aromatic carbocycles. The summed E-state index contributed by atoms with van der Waals surface area (Å²) in [5.74, 6) is -0.708. The summed E-state index contributed by atoms with van der Waals surface area (Å²) in [6.07, 6.45) is 0.671. The molecule has 1 saturated heterocycles. The Hall–Kier alpha value is -2.84. The average molecular weight is 446 g/mol. The fraction of sp³-hybridized carbons (Fsp3) is 0.391. The first-order valence-electron chi connectivity index (χ1n) is 10.0. The Morgan fingerprint density at radius 1 is 1.19 bits per heavy atom. The van der Waals surface area contributed by atoms with Gasteiger partial charge in [-0.15, -0.1) is 11.3 Å². The molecule has 31 heavy (non-hydrogen) atoms. The third-order valence-electron chi connectivity index (χ3n) is 5.01. The van der Waals surface area contributed by atoms with Gasteiger partial charge in [-0.2, -0.15) is 0 Å². The first-order chi connectivity index (χ1) is 14.9. The van der Waals surface area contributed by atoms with E-state index in [0.29, 0.717) is 36.6 Å². The molecule has 1 N–H and O–H groups in total. The lowest BCUT2D eigenvalue weighted by Crippen LogP contribution is -2.31. The maximum absolute atomic E-state index is 13.0. The Balaban J connectivity index is 2.03. The maximum atomic E-state index is 13.0. The van der Waals surface area contributed by atoms with E-state index in [1.165, 1.54) is 30.5 Å². The minimum Gasteiger partial charge on any atom is -0.507 e. The number of ketones is 1. The van der Waals surface area contributed by atoms with E-state index in [2.05, 4.69) is 0 Å². The second-order valence-electron chi connectivity index (χ2n) is 7.35. The van der Waals surface area contributed by atoms with Gasteiger partial charge in [0.25, 0.3) is 11.7 Å². The molecule has 3 rings (SSSR count). The standard InChI is InChI=1S/C23H27NO6S/c1-14(2)30-11-6-10-24-20(18-7-5-12-31-18)19(22(26)23(24)27)21(25)16-9-8-15(28-3)13-17(16)29-4/h5,7-9,12-14,20,25H,6,10-11H2,1-4H3/b21-19-. The molecule has 8 heteroatoms. The molecule has 166 valence electrons. The first kappa shape index (κ1) is 22.8. The number of Topliss-reactive ketones (excluding diaryl/α,β-unsaturated/α-hetero) is 1. The third kappa shape index (κ3) is 4.75. The highest BCUT2D eigenvalue weighted by Gasteiger charge is 2.46. The summed E-state index contributed by atoms with van der Waals surface area (Å²) in [6.45, 7) is 4.71. The predicted molar refractivity (Wildman–Crippen MR) is 119 cm³/mol. The highest BCUT2D eigenvalue weighted by atomic mass is 32.1. The Kier molecular flexibility index (Phi) is 7.35. The summed E-state index contributed by atoms with van der Waals surface area (Å²) in [5, 5.41) is 13.0. The molecule has 0 saturated carbocycles. The highest BCUT2D eigenvalue weighted by Crippen LogP contribution is 2.42. The number of amides is 1. The number of hydrogen-bond donors (Lipinski definition) is 1. The monoisotopic (exact) mass is 445 g/mol. The van der Waals surface area contributed by atoms with Crippen LogP contribution in [-0.2, 0) is 14.3 Å². The number of rotatable bonds is 9. The smallest absolute Gasteiger partial charge is 0.295 e. The number of ether oxygens (including phenoxy) is 3. The van der Waals surface area contributed by atoms with Crippen LogP contribution in [0.2, 0.25) is 0 Å². The summed E-state index contributed by atoms with van der Waals surface area (Å²) in [6, 6.07) is 7.95. The number of nitrogens with zero attached hydrogens (tertiary/aromatic N) is 1. The first-order valence-corrected chi connectivity index (χ1v) is 10.9. The van der Waals surface area contributed by atoms with Crippen LogP contribution in [0.25, 0.3) is 5.76 Å². The fourth-order valence-corrected chi connectivity index (χ4v) is 4.39. The van der Waals surface area contributed by atoms with Crippen LogP contribution in [0.3, 0.4) is 0 Å². The summed E-state index contributed by atoms with van der Waals surface area (Å²) < 4.78 is 16.2. The molecule has 1 aromatic heterocycles. The van der Waals surface area contributed by atoms with E-state index in [9.17, 15) is 14.7 Å². The molecular weight excluding hydrogens is 418 g/mol. The summed E-state index contributed by atoms with van der Waals surface area (Å²) in [7, 11) is 3.00. The predicted octanol–water partition coefficient (Wildman–Crippen LogP) is 4.00. The lowest BCUT2D eigenvalue weighted by Gasteiger charge is -2.24. The number of hydrogen-bond acceptors (Lipinski definition) is 7. The van der Waals surface area contributed by atoms with Crippen molar-refractivity contribution in [2.75, 3.05) is 27.4 Å². The van der Waals surface area contributed by atoms with Gasteiger partial charge >= 0.3 is 0 Å².